The van der Waals surface area contributed by atoms with Gasteiger partial charge in [0.1, 0.15) is 6.07 Å². The van der Waals surface area contributed by atoms with E-state index in [0.717, 1.165) is 0 Å². The number of allylic oxidation sites excluding steroid dienone is 2. The molecular formula is C5H5NO. The molecule has 0 radical (unpaired) electrons. The summed E-state index contributed by atoms with van der Waals surface area (Å²) in [6.07, 6.45) is 1.99. The van der Waals surface area contributed by atoms with Crippen LogP contribution in [-0.4, -0.2) is 6.29 Å². The van der Waals surface area contributed by atoms with Crippen LogP contribution in [0.15, 0.2) is 11.6 Å². The van der Waals surface area contributed by atoms with Crippen LogP contribution in [0, 0.1) is 11.3 Å². The van der Waals surface area contributed by atoms with Crippen molar-refractivity contribution in [1.82, 2.24) is 0 Å². The Hall–Kier alpha value is -1.10. The zero-order valence-corrected chi connectivity index (χ0v) is 4.01. The van der Waals surface area contributed by atoms with Crippen molar-refractivity contribution in [2.45, 2.75) is 6.92 Å². The predicted molar refractivity (Wildman–Crippen MR) is 25.4 cm³/mol. The highest BCUT2D eigenvalue weighted by Crippen LogP contribution is 1.80. The van der Waals surface area contributed by atoms with E-state index in [1.54, 1.807) is 13.0 Å². The third kappa shape index (κ3) is 1.72. The van der Waals surface area contributed by atoms with Gasteiger partial charge in [-0.2, -0.15) is 5.26 Å². The second-order valence-electron chi connectivity index (χ2n) is 0.974. The normalized spacial score (nSPS) is 10.0. The van der Waals surface area contributed by atoms with Gasteiger partial charge in [0.05, 0.1) is 5.57 Å². The van der Waals surface area contributed by atoms with Gasteiger partial charge < -0.3 is 0 Å². The van der Waals surface area contributed by atoms with Gasteiger partial charge in [0.2, 0.25) is 0 Å². The molecule has 2 nitrogen and oxygen atoms in total. The van der Waals surface area contributed by atoms with Gasteiger partial charge in [-0.3, -0.25) is 4.79 Å². The number of carbonyl (C=O) groups excluding carboxylic acids is 1. The van der Waals surface area contributed by atoms with Gasteiger partial charge in [-0.05, 0) is 6.92 Å². The van der Waals surface area contributed by atoms with Crippen LogP contribution in [0.4, 0.5) is 0 Å². The number of carbonyl (C=O) groups is 1. The van der Waals surface area contributed by atoms with E-state index in [4.69, 9.17) is 5.26 Å². The maximum absolute atomic E-state index is 9.68. The fourth-order valence-electron chi connectivity index (χ4n) is 0.159. The molecule has 0 aliphatic carbocycles. The fourth-order valence-corrected chi connectivity index (χ4v) is 0.159. The lowest BCUT2D eigenvalue weighted by Gasteiger charge is -1.70. The molecule has 36 valence electrons. The van der Waals surface area contributed by atoms with Crippen molar-refractivity contribution in [3.63, 3.8) is 0 Å². The minimum Gasteiger partial charge on any atom is -0.297 e. The van der Waals surface area contributed by atoms with E-state index in [9.17, 15) is 4.79 Å². The zero-order valence-electron chi connectivity index (χ0n) is 4.01. The Morgan fingerprint density at radius 2 is 2.43 bits per heavy atom. The molecule has 0 N–H and O–H groups in total. The molecule has 0 aliphatic heterocycles. The summed E-state index contributed by atoms with van der Waals surface area (Å²) in [6.45, 7) is 1.65. The molecule has 0 rings (SSSR count). The summed E-state index contributed by atoms with van der Waals surface area (Å²) in [4.78, 5) is 9.68. The van der Waals surface area contributed by atoms with Crippen molar-refractivity contribution in [2.24, 2.45) is 0 Å². The van der Waals surface area contributed by atoms with E-state index in [-0.39, 0.29) is 5.57 Å². The van der Waals surface area contributed by atoms with Gasteiger partial charge in [-0.15, -0.1) is 0 Å². The van der Waals surface area contributed by atoms with Crippen LogP contribution in [0.2, 0.25) is 0 Å². The molecule has 0 heterocycles. The molecule has 0 fully saturated rings. The Kier molecular flexibility index (Phi) is 2.62. The molecule has 0 aromatic rings. The molecule has 0 bridgehead atoms. The smallest absolute Gasteiger partial charge is 0.160 e. The minimum absolute atomic E-state index is 0.181. The number of hydrogen-bond donors (Lipinski definition) is 0. The summed E-state index contributed by atoms with van der Waals surface area (Å²) >= 11 is 0. The molecular weight excluding hydrogens is 90.1 g/mol. The van der Waals surface area contributed by atoms with Gasteiger partial charge in [-0.25, -0.2) is 0 Å². The average molecular weight is 95.1 g/mol. The van der Waals surface area contributed by atoms with E-state index in [1.165, 1.54) is 6.08 Å². The monoisotopic (exact) mass is 95.0 g/mol. The van der Waals surface area contributed by atoms with Crippen LogP contribution in [0.1, 0.15) is 6.92 Å². The van der Waals surface area contributed by atoms with Crippen LogP contribution in [0.25, 0.3) is 0 Å². The van der Waals surface area contributed by atoms with E-state index < -0.39 is 0 Å². The first kappa shape index (κ1) is 5.90. The summed E-state index contributed by atoms with van der Waals surface area (Å²) in [5.74, 6) is 0. The predicted octanol–water partition coefficient (Wildman–Crippen LogP) is 0.655. The van der Waals surface area contributed by atoms with Crippen molar-refractivity contribution in [2.75, 3.05) is 0 Å². The maximum Gasteiger partial charge on any atom is 0.160 e. The summed E-state index contributed by atoms with van der Waals surface area (Å²) in [5.41, 5.74) is 0.181. The van der Waals surface area contributed by atoms with E-state index in [1.807, 2.05) is 0 Å². The summed E-state index contributed by atoms with van der Waals surface area (Å²) in [7, 11) is 0. The van der Waals surface area contributed by atoms with Gasteiger partial charge in [-0.1, -0.05) is 6.08 Å². The second kappa shape index (κ2) is 3.10. The van der Waals surface area contributed by atoms with Gasteiger partial charge >= 0.3 is 0 Å². The summed E-state index contributed by atoms with van der Waals surface area (Å²) in [6, 6.07) is 1.69. The second-order valence-corrected chi connectivity index (χ2v) is 0.974. The lowest BCUT2D eigenvalue weighted by atomic mass is 10.3. The van der Waals surface area contributed by atoms with Gasteiger partial charge in [0, 0.05) is 0 Å². The fraction of sp³-hybridized carbons (Fsp3) is 0.200. The number of nitriles is 1. The Bertz CT molecular complexity index is 130. The van der Waals surface area contributed by atoms with E-state index in [0.29, 0.717) is 6.29 Å². The summed E-state index contributed by atoms with van der Waals surface area (Å²) in [5, 5.41) is 7.98. The third-order valence-electron chi connectivity index (χ3n) is 0.567. The molecule has 0 saturated heterocycles. The molecule has 7 heavy (non-hydrogen) atoms. The SMILES string of the molecule is CC=C(C#N)C=O. The van der Waals surface area contributed by atoms with E-state index >= 15 is 0 Å². The largest absolute Gasteiger partial charge is 0.297 e. The molecule has 0 saturated carbocycles. The highest BCUT2D eigenvalue weighted by Gasteiger charge is 1.82. The zero-order chi connectivity index (χ0) is 5.70. The minimum atomic E-state index is 0.181. The molecule has 0 aromatic heterocycles. The lowest BCUT2D eigenvalue weighted by Crippen LogP contribution is -1.73. The highest BCUT2D eigenvalue weighted by atomic mass is 16.1. The van der Waals surface area contributed by atoms with Crippen molar-refractivity contribution in [3.8, 4) is 6.07 Å². The van der Waals surface area contributed by atoms with Gasteiger partial charge in [0.15, 0.2) is 6.29 Å². The Morgan fingerprint density at radius 3 is 2.43 bits per heavy atom. The van der Waals surface area contributed by atoms with Gasteiger partial charge in [0.25, 0.3) is 0 Å². The Morgan fingerprint density at radius 1 is 1.86 bits per heavy atom. The molecule has 0 amide bonds. The van der Waals surface area contributed by atoms with Crippen LogP contribution >= 0.6 is 0 Å². The molecule has 2 heteroatoms. The van der Waals surface area contributed by atoms with Crippen molar-refractivity contribution >= 4 is 6.29 Å². The van der Waals surface area contributed by atoms with Crippen molar-refractivity contribution < 1.29 is 4.79 Å². The first-order chi connectivity index (χ1) is 3.35. The highest BCUT2D eigenvalue weighted by molar-refractivity contribution is 5.78. The third-order valence-corrected chi connectivity index (χ3v) is 0.567. The first-order valence-corrected chi connectivity index (χ1v) is 1.86. The first-order valence-electron chi connectivity index (χ1n) is 1.86. The molecule has 0 atom stereocenters. The quantitative estimate of drug-likeness (QED) is 0.272. The lowest BCUT2D eigenvalue weighted by molar-refractivity contribution is -0.104. The molecule has 0 unspecified atom stereocenters. The Balaban J connectivity index is 3.94. The molecule has 0 spiro atoms. The molecule has 0 aromatic carbocycles. The standard InChI is InChI=1S/C5H5NO/c1-2-5(3-6)4-7/h2,4H,1H3. The topological polar surface area (TPSA) is 40.9 Å². The van der Waals surface area contributed by atoms with Crippen LogP contribution in [-0.2, 0) is 4.79 Å². The average Bonchev–Trinajstić information content (AvgIpc) is 1.72. The van der Waals surface area contributed by atoms with Crippen LogP contribution in [0.5, 0.6) is 0 Å². The summed E-state index contributed by atoms with van der Waals surface area (Å²) < 4.78 is 0. The van der Waals surface area contributed by atoms with Crippen LogP contribution in [0.3, 0.4) is 0 Å². The van der Waals surface area contributed by atoms with Crippen molar-refractivity contribution in [3.05, 3.63) is 11.6 Å². The number of hydrogen-bond acceptors (Lipinski definition) is 2. The maximum atomic E-state index is 9.68. The number of nitrogens with zero attached hydrogens (tertiary/aromatic N) is 1. The van der Waals surface area contributed by atoms with Crippen molar-refractivity contribution in [1.29, 1.82) is 5.26 Å². The number of rotatable bonds is 1. The number of aldehydes is 1. The van der Waals surface area contributed by atoms with E-state index in [2.05, 4.69) is 0 Å². The Labute approximate surface area is 42.1 Å². The van der Waals surface area contributed by atoms with Crippen LogP contribution < -0.4 is 0 Å². The molecule has 0 aliphatic rings.